The molecule has 1 aromatic heterocycles. The molecule has 0 fully saturated rings. The third-order valence-corrected chi connectivity index (χ3v) is 3.51. The molecule has 0 bridgehead atoms. The van der Waals surface area contributed by atoms with E-state index in [0.29, 0.717) is 10.8 Å². The Balaban J connectivity index is 2.09. The molecule has 0 saturated carbocycles. The highest BCUT2D eigenvalue weighted by Gasteiger charge is 2.18. The predicted octanol–water partition coefficient (Wildman–Crippen LogP) is 4.53. The summed E-state index contributed by atoms with van der Waals surface area (Å²) in [6, 6.07) is 14.1. The molecular formula is C16H13ClFNO. The maximum Gasteiger partial charge on any atom is 0.169 e. The molecule has 102 valence electrons. The molecule has 0 spiro atoms. The van der Waals surface area contributed by atoms with Crippen molar-refractivity contribution in [3.8, 4) is 0 Å². The summed E-state index contributed by atoms with van der Waals surface area (Å²) < 4.78 is 19.4. The molecule has 1 atom stereocenters. The normalized spacial score (nSPS) is 12.8. The van der Waals surface area contributed by atoms with E-state index in [1.54, 1.807) is 6.07 Å². The van der Waals surface area contributed by atoms with Crippen LogP contribution in [-0.2, 0) is 0 Å². The Morgan fingerprint density at radius 2 is 1.95 bits per heavy atom. The van der Waals surface area contributed by atoms with E-state index >= 15 is 0 Å². The van der Waals surface area contributed by atoms with E-state index in [0.717, 1.165) is 10.9 Å². The quantitative estimate of drug-likeness (QED) is 0.766. The van der Waals surface area contributed by atoms with Crippen LogP contribution in [0.2, 0.25) is 5.02 Å². The second kappa shape index (κ2) is 5.27. The summed E-state index contributed by atoms with van der Waals surface area (Å²) in [5.41, 5.74) is 1.25. The number of furan rings is 1. The zero-order valence-electron chi connectivity index (χ0n) is 10.9. The highest BCUT2D eigenvalue weighted by Crippen LogP contribution is 2.30. The van der Waals surface area contributed by atoms with E-state index in [2.05, 4.69) is 5.32 Å². The lowest BCUT2D eigenvalue weighted by molar-refractivity contribution is 0.476. The highest BCUT2D eigenvalue weighted by atomic mass is 35.5. The minimum absolute atomic E-state index is 0.166. The number of hydrogen-bond acceptors (Lipinski definition) is 2. The first-order valence-electron chi connectivity index (χ1n) is 6.29. The van der Waals surface area contributed by atoms with E-state index in [-0.39, 0.29) is 17.4 Å². The maximum atomic E-state index is 13.7. The number of nitrogens with one attached hydrogen (secondary N) is 1. The smallest absolute Gasteiger partial charge is 0.169 e. The van der Waals surface area contributed by atoms with Gasteiger partial charge in [0.25, 0.3) is 0 Å². The lowest BCUT2D eigenvalue weighted by atomic mass is 10.0. The van der Waals surface area contributed by atoms with Crippen LogP contribution in [-0.4, -0.2) is 7.05 Å². The molecule has 4 heteroatoms. The van der Waals surface area contributed by atoms with Gasteiger partial charge in [-0.15, -0.1) is 0 Å². The summed E-state index contributed by atoms with van der Waals surface area (Å²) in [5.74, 6) is 0.310. The van der Waals surface area contributed by atoms with Crippen molar-refractivity contribution in [3.63, 3.8) is 0 Å². The molecule has 2 nitrogen and oxygen atoms in total. The fourth-order valence-corrected chi connectivity index (χ4v) is 2.55. The molecule has 0 aliphatic heterocycles. The molecule has 0 radical (unpaired) electrons. The highest BCUT2D eigenvalue weighted by molar-refractivity contribution is 6.30. The van der Waals surface area contributed by atoms with Crippen LogP contribution in [0.1, 0.15) is 17.4 Å². The van der Waals surface area contributed by atoms with Gasteiger partial charge in [0.1, 0.15) is 5.76 Å². The molecule has 3 aromatic rings. The molecule has 1 N–H and O–H groups in total. The van der Waals surface area contributed by atoms with Crippen molar-refractivity contribution in [2.24, 2.45) is 0 Å². The van der Waals surface area contributed by atoms with Gasteiger partial charge >= 0.3 is 0 Å². The largest absolute Gasteiger partial charge is 0.456 e. The Morgan fingerprint density at radius 3 is 2.65 bits per heavy atom. The minimum atomic E-state index is -0.352. The lowest BCUT2D eigenvalue weighted by Crippen LogP contribution is -2.16. The molecule has 0 aliphatic carbocycles. The topological polar surface area (TPSA) is 25.2 Å². The zero-order chi connectivity index (χ0) is 14.1. The molecule has 0 aliphatic rings. The fourth-order valence-electron chi connectivity index (χ4n) is 2.35. The van der Waals surface area contributed by atoms with Gasteiger partial charge in [0, 0.05) is 10.4 Å². The monoisotopic (exact) mass is 289 g/mol. The standard InChI is InChI=1S/C16H13ClFNO/c1-19-15(10-4-2-6-12(17)8-10)14-9-11-5-3-7-13(18)16(11)20-14/h2-9,15,19H,1H3. The number of fused-ring (bicyclic) bond motifs is 1. The molecule has 0 amide bonds. The van der Waals surface area contributed by atoms with Crippen molar-refractivity contribution in [1.29, 1.82) is 0 Å². The summed E-state index contributed by atoms with van der Waals surface area (Å²) >= 11 is 6.02. The van der Waals surface area contributed by atoms with Gasteiger partial charge in [-0.1, -0.05) is 35.9 Å². The van der Waals surface area contributed by atoms with E-state index in [1.807, 2.05) is 43.4 Å². The third kappa shape index (κ3) is 2.30. The maximum absolute atomic E-state index is 13.7. The van der Waals surface area contributed by atoms with Gasteiger partial charge in [-0.05, 0) is 36.9 Å². The van der Waals surface area contributed by atoms with Crippen LogP contribution >= 0.6 is 11.6 Å². The van der Waals surface area contributed by atoms with E-state index < -0.39 is 0 Å². The van der Waals surface area contributed by atoms with Crippen LogP contribution in [0, 0.1) is 5.82 Å². The van der Waals surface area contributed by atoms with Crippen molar-refractivity contribution in [2.45, 2.75) is 6.04 Å². The Labute approximate surface area is 121 Å². The molecule has 0 saturated heterocycles. The van der Waals surface area contributed by atoms with Crippen molar-refractivity contribution in [1.82, 2.24) is 5.32 Å². The average molecular weight is 290 g/mol. The SMILES string of the molecule is CNC(c1cccc(Cl)c1)c1cc2cccc(F)c2o1. The van der Waals surface area contributed by atoms with E-state index in [9.17, 15) is 4.39 Å². The molecule has 1 unspecified atom stereocenters. The van der Waals surface area contributed by atoms with Gasteiger partial charge in [0.05, 0.1) is 6.04 Å². The van der Waals surface area contributed by atoms with Crippen molar-refractivity contribution in [2.75, 3.05) is 7.05 Å². The number of benzene rings is 2. The molecule has 2 aromatic carbocycles. The predicted molar refractivity (Wildman–Crippen MR) is 78.5 cm³/mol. The first kappa shape index (κ1) is 13.2. The number of halogens is 2. The molecule has 1 heterocycles. The fraction of sp³-hybridized carbons (Fsp3) is 0.125. The Kier molecular flexibility index (Phi) is 3.47. The summed E-state index contributed by atoms with van der Waals surface area (Å²) in [7, 11) is 1.83. The lowest BCUT2D eigenvalue weighted by Gasteiger charge is -2.14. The van der Waals surface area contributed by atoms with E-state index in [4.69, 9.17) is 16.0 Å². The summed E-state index contributed by atoms with van der Waals surface area (Å²) in [5, 5.41) is 4.58. The summed E-state index contributed by atoms with van der Waals surface area (Å²) in [4.78, 5) is 0. The van der Waals surface area contributed by atoms with Gasteiger partial charge in [0.15, 0.2) is 11.4 Å². The van der Waals surface area contributed by atoms with Crippen LogP contribution in [0.15, 0.2) is 52.9 Å². The van der Waals surface area contributed by atoms with Crippen molar-refractivity contribution >= 4 is 22.6 Å². The third-order valence-electron chi connectivity index (χ3n) is 3.27. The first-order chi connectivity index (χ1) is 9.69. The minimum Gasteiger partial charge on any atom is -0.456 e. The molecule has 20 heavy (non-hydrogen) atoms. The summed E-state index contributed by atoms with van der Waals surface area (Å²) in [6.07, 6.45) is 0. The van der Waals surface area contributed by atoms with Gasteiger partial charge in [-0.2, -0.15) is 0 Å². The van der Waals surface area contributed by atoms with Gasteiger partial charge in [-0.25, -0.2) is 4.39 Å². The van der Waals surface area contributed by atoms with Crippen LogP contribution < -0.4 is 5.32 Å². The van der Waals surface area contributed by atoms with Crippen LogP contribution in [0.4, 0.5) is 4.39 Å². The number of hydrogen-bond donors (Lipinski definition) is 1. The number of para-hydroxylation sites is 1. The number of rotatable bonds is 3. The Bertz CT molecular complexity index is 753. The van der Waals surface area contributed by atoms with Crippen LogP contribution in [0.3, 0.4) is 0 Å². The first-order valence-corrected chi connectivity index (χ1v) is 6.67. The summed E-state index contributed by atoms with van der Waals surface area (Å²) in [6.45, 7) is 0. The Hall–Kier alpha value is -1.84. The van der Waals surface area contributed by atoms with Gasteiger partial charge < -0.3 is 9.73 Å². The molecular weight excluding hydrogens is 277 g/mol. The molecule has 3 rings (SSSR count). The van der Waals surface area contributed by atoms with Gasteiger partial charge in [-0.3, -0.25) is 0 Å². The van der Waals surface area contributed by atoms with Crippen LogP contribution in [0.25, 0.3) is 11.0 Å². The van der Waals surface area contributed by atoms with Crippen LogP contribution in [0.5, 0.6) is 0 Å². The van der Waals surface area contributed by atoms with Crippen molar-refractivity contribution in [3.05, 3.63) is 70.7 Å². The average Bonchev–Trinajstić information content (AvgIpc) is 2.85. The van der Waals surface area contributed by atoms with Gasteiger partial charge in [0.2, 0.25) is 0 Å². The van der Waals surface area contributed by atoms with E-state index in [1.165, 1.54) is 6.07 Å². The Morgan fingerprint density at radius 1 is 1.15 bits per heavy atom. The second-order valence-corrected chi connectivity index (χ2v) is 5.02. The van der Waals surface area contributed by atoms with Crippen molar-refractivity contribution < 1.29 is 8.81 Å². The zero-order valence-corrected chi connectivity index (χ0v) is 11.6. The second-order valence-electron chi connectivity index (χ2n) is 4.58.